The second-order valence-corrected chi connectivity index (χ2v) is 5.18. The number of nitrogens with one attached hydrogen (secondary N) is 3. The molecule has 0 aliphatic heterocycles. The van der Waals surface area contributed by atoms with Crippen molar-refractivity contribution in [1.29, 1.82) is 0 Å². The Balaban J connectivity index is 2.14. The molecular formula is C13H25N3O3. The molecule has 0 unspecified atom stereocenters. The van der Waals surface area contributed by atoms with Crippen LogP contribution in [-0.4, -0.2) is 42.3 Å². The highest BCUT2D eigenvalue weighted by Gasteiger charge is 2.25. The van der Waals surface area contributed by atoms with E-state index in [1.807, 2.05) is 13.8 Å². The largest absolute Gasteiger partial charge is 0.480 e. The Morgan fingerprint density at radius 1 is 1.32 bits per heavy atom. The summed E-state index contributed by atoms with van der Waals surface area (Å²) in [6.07, 6.45) is 4.07. The third-order valence-electron chi connectivity index (χ3n) is 3.42. The predicted molar refractivity (Wildman–Crippen MR) is 73.1 cm³/mol. The van der Waals surface area contributed by atoms with E-state index in [9.17, 15) is 9.59 Å². The molecule has 0 aromatic heterocycles. The van der Waals surface area contributed by atoms with Crippen molar-refractivity contribution in [3.8, 4) is 0 Å². The van der Waals surface area contributed by atoms with Gasteiger partial charge in [-0.15, -0.1) is 0 Å². The van der Waals surface area contributed by atoms with Crippen LogP contribution >= 0.6 is 0 Å². The van der Waals surface area contributed by atoms with Crippen LogP contribution in [0.4, 0.5) is 4.79 Å². The first-order valence-corrected chi connectivity index (χ1v) is 7.05. The molecule has 0 radical (unpaired) electrons. The first-order chi connectivity index (χ1) is 9.04. The summed E-state index contributed by atoms with van der Waals surface area (Å²) in [5, 5.41) is 17.6. The predicted octanol–water partition coefficient (Wildman–Crippen LogP) is 0.927. The Bertz CT molecular complexity index is 306. The molecule has 6 nitrogen and oxygen atoms in total. The highest BCUT2D eigenvalue weighted by atomic mass is 16.4. The standard InChI is InChI=1S/C13H25N3O3/c1-3-9(2)11(12(17)18)16-13(19)15-8-4-7-14-10-5-6-10/h9-11,14H,3-8H2,1-2H3,(H,17,18)(H2,15,16,19)/t9-,11-/m0/s1. The van der Waals surface area contributed by atoms with Crippen molar-refractivity contribution in [1.82, 2.24) is 16.0 Å². The van der Waals surface area contributed by atoms with Gasteiger partial charge in [0, 0.05) is 12.6 Å². The second kappa shape index (κ2) is 7.99. The third kappa shape index (κ3) is 6.42. The minimum absolute atomic E-state index is 0.0835. The van der Waals surface area contributed by atoms with E-state index in [1.54, 1.807) is 0 Å². The summed E-state index contributed by atoms with van der Waals surface area (Å²) in [7, 11) is 0. The Kier molecular flexibility index (Phi) is 6.62. The van der Waals surface area contributed by atoms with E-state index < -0.39 is 18.0 Å². The van der Waals surface area contributed by atoms with Gasteiger partial charge >= 0.3 is 12.0 Å². The maximum Gasteiger partial charge on any atom is 0.326 e. The third-order valence-corrected chi connectivity index (χ3v) is 3.42. The van der Waals surface area contributed by atoms with Gasteiger partial charge in [0.25, 0.3) is 0 Å². The van der Waals surface area contributed by atoms with E-state index >= 15 is 0 Å². The van der Waals surface area contributed by atoms with Crippen LogP contribution in [0.5, 0.6) is 0 Å². The SMILES string of the molecule is CC[C@H](C)[C@H](NC(=O)NCCCNC1CC1)C(=O)O. The first kappa shape index (κ1) is 15.8. The van der Waals surface area contributed by atoms with Gasteiger partial charge in [-0.2, -0.15) is 0 Å². The molecule has 1 saturated carbocycles. The average molecular weight is 271 g/mol. The van der Waals surface area contributed by atoms with E-state index in [4.69, 9.17) is 5.11 Å². The fourth-order valence-electron chi connectivity index (χ4n) is 1.76. The summed E-state index contributed by atoms with van der Waals surface area (Å²) in [5.41, 5.74) is 0. The Hall–Kier alpha value is -1.30. The van der Waals surface area contributed by atoms with Gasteiger partial charge in [-0.1, -0.05) is 20.3 Å². The van der Waals surface area contributed by atoms with Gasteiger partial charge in [0.15, 0.2) is 0 Å². The van der Waals surface area contributed by atoms with Crippen LogP contribution in [0.3, 0.4) is 0 Å². The fourth-order valence-corrected chi connectivity index (χ4v) is 1.76. The number of carboxylic acid groups (broad SMARTS) is 1. The molecule has 1 fully saturated rings. The van der Waals surface area contributed by atoms with Crippen molar-refractivity contribution in [3.63, 3.8) is 0 Å². The molecule has 0 aromatic rings. The van der Waals surface area contributed by atoms with E-state index in [2.05, 4.69) is 16.0 Å². The topological polar surface area (TPSA) is 90.5 Å². The van der Waals surface area contributed by atoms with E-state index in [1.165, 1.54) is 12.8 Å². The average Bonchev–Trinajstić information content (AvgIpc) is 3.18. The van der Waals surface area contributed by atoms with Crippen LogP contribution in [-0.2, 0) is 4.79 Å². The summed E-state index contributed by atoms with van der Waals surface area (Å²) in [5.74, 6) is -1.07. The summed E-state index contributed by atoms with van der Waals surface area (Å²) >= 11 is 0. The van der Waals surface area contributed by atoms with Gasteiger partial charge < -0.3 is 21.1 Å². The number of hydrogen-bond acceptors (Lipinski definition) is 3. The maximum absolute atomic E-state index is 11.6. The van der Waals surface area contributed by atoms with Crippen molar-refractivity contribution >= 4 is 12.0 Å². The number of urea groups is 1. The first-order valence-electron chi connectivity index (χ1n) is 7.05. The zero-order chi connectivity index (χ0) is 14.3. The lowest BCUT2D eigenvalue weighted by atomic mass is 9.99. The number of carboxylic acids is 1. The zero-order valence-electron chi connectivity index (χ0n) is 11.7. The van der Waals surface area contributed by atoms with Crippen LogP contribution in [0, 0.1) is 5.92 Å². The van der Waals surface area contributed by atoms with Crippen LogP contribution in [0.2, 0.25) is 0 Å². The van der Waals surface area contributed by atoms with Gasteiger partial charge in [0.1, 0.15) is 6.04 Å². The van der Waals surface area contributed by atoms with Gasteiger partial charge in [-0.3, -0.25) is 0 Å². The van der Waals surface area contributed by atoms with Crippen molar-refractivity contribution in [2.24, 2.45) is 5.92 Å². The van der Waals surface area contributed by atoms with Gasteiger partial charge in [-0.05, 0) is 31.7 Å². The van der Waals surface area contributed by atoms with Crippen molar-refractivity contribution in [2.75, 3.05) is 13.1 Å². The lowest BCUT2D eigenvalue weighted by molar-refractivity contribution is -0.140. The lowest BCUT2D eigenvalue weighted by Crippen LogP contribution is -2.49. The Morgan fingerprint density at radius 3 is 2.53 bits per heavy atom. The van der Waals surface area contributed by atoms with Crippen LogP contribution < -0.4 is 16.0 Å². The second-order valence-electron chi connectivity index (χ2n) is 5.18. The summed E-state index contributed by atoms with van der Waals surface area (Å²) in [6, 6.07) is -0.552. The minimum atomic E-state index is -0.986. The monoisotopic (exact) mass is 271 g/mol. The molecule has 6 heteroatoms. The number of amides is 2. The van der Waals surface area contributed by atoms with Crippen LogP contribution in [0.15, 0.2) is 0 Å². The van der Waals surface area contributed by atoms with Crippen molar-refractivity contribution in [3.05, 3.63) is 0 Å². The molecular weight excluding hydrogens is 246 g/mol. The molecule has 110 valence electrons. The quantitative estimate of drug-likeness (QED) is 0.470. The molecule has 1 aliphatic carbocycles. The molecule has 0 aromatic carbocycles. The van der Waals surface area contributed by atoms with Gasteiger partial charge in [0.05, 0.1) is 0 Å². The summed E-state index contributed by atoms with van der Waals surface area (Å²) in [4.78, 5) is 22.6. The molecule has 0 saturated heterocycles. The fraction of sp³-hybridized carbons (Fsp3) is 0.846. The molecule has 1 aliphatic rings. The summed E-state index contributed by atoms with van der Waals surface area (Å²) < 4.78 is 0. The Labute approximate surface area is 114 Å². The van der Waals surface area contributed by atoms with Gasteiger partial charge in [-0.25, -0.2) is 9.59 Å². The highest BCUT2D eigenvalue weighted by Crippen LogP contribution is 2.18. The van der Waals surface area contributed by atoms with Crippen molar-refractivity contribution in [2.45, 2.75) is 51.6 Å². The molecule has 0 heterocycles. The van der Waals surface area contributed by atoms with E-state index in [0.29, 0.717) is 19.0 Å². The Morgan fingerprint density at radius 2 is 2.00 bits per heavy atom. The molecule has 1 rings (SSSR count). The number of hydrogen-bond donors (Lipinski definition) is 4. The normalized spacial score (nSPS) is 17.6. The molecule has 2 atom stereocenters. The number of carbonyl (C=O) groups excluding carboxylic acids is 1. The summed E-state index contributed by atoms with van der Waals surface area (Å²) in [6.45, 7) is 5.17. The molecule has 0 spiro atoms. The minimum Gasteiger partial charge on any atom is -0.480 e. The molecule has 19 heavy (non-hydrogen) atoms. The van der Waals surface area contributed by atoms with E-state index in [0.717, 1.165) is 13.0 Å². The smallest absolute Gasteiger partial charge is 0.326 e. The van der Waals surface area contributed by atoms with Gasteiger partial charge in [0.2, 0.25) is 0 Å². The molecule has 0 bridgehead atoms. The lowest BCUT2D eigenvalue weighted by Gasteiger charge is -2.20. The highest BCUT2D eigenvalue weighted by molar-refractivity contribution is 5.82. The molecule has 4 N–H and O–H groups in total. The number of rotatable bonds is 9. The van der Waals surface area contributed by atoms with Crippen LogP contribution in [0.25, 0.3) is 0 Å². The van der Waals surface area contributed by atoms with Crippen LogP contribution in [0.1, 0.15) is 39.5 Å². The number of carbonyl (C=O) groups is 2. The van der Waals surface area contributed by atoms with E-state index in [-0.39, 0.29) is 5.92 Å². The molecule has 2 amide bonds. The van der Waals surface area contributed by atoms with Crippen molar-refractivity contribution < 1.29 is 14.7 Å². The number of aliphatic carboxylic acids is 1. The zero-order valence-corrected chi connectivity index (χ0v) is 11.7. The maximum atomic E-state index is 11.6.